The third kappa shape index (κ3) is 2.03. The molecular weight excluding hydrogens is 224 g/mol. The quantitative estimate of drug-likeness (QED) is 0.774. The molecule has 3 heteroatoms. The Morgan fingerprint density at radius 2 is 1.78 bits per heavy atom. The Balaban J connectivity index is 2.12. The van der Waals surface area contributed by atoms with Crippen molar-refractivity contribution in [1.29, 1.82) is 0 Å². The molecule has 0 radical (unpaired) electrons. The van der Waals surface area contributed by atoms with E-state index in [4.69, 9.17) is 4.42 Å². The Bertz CT molecular complexity index is 535. The van der Waals surface area contributed by atoms with Crippen LogP contribution in [0.15, 0.2) is 16.5 Å². The molecule has 0 amide bonds. The molecule has 3 rings (SSSR count). The monoisotopic (exact) mass is 244 g/mol. The van der Waals surface area contributed by atoms with Crippen LogP contribution in [0.5, 0.6) is 0 Å². The van der Waals surface area contributed by atoms with Crippen molar-refractivity contribution in [1.82, 2.24) is 10.3 Å². The highest BCUT2D eigenvalue weighted by atomic mass is 16.3. The van der Waals surface area contributed by atoms with E-state index >= 15 is 0 Å². The first kappa shape index (κ1) is 11.7. The van der Waals surface area contributed by atoms with Crippen molar-refractivity contribution in [3.63, 3.8) is 0 Å². The van der Waals surface area contributed by atoms with E-state index in [0.29, 0.717) is 0 Å². The van der Waals surface area contributed by atoms with Crippen LogP contribution in [0.4, 0.5) is 0 Å². The normalized spacial score (nSPS) is 16.6. The summed E-state index contributed by atoms with van der Waals surface area (Å²) in [6.07, 6.45) is 2.17. The van der Waals surface area contributed by atoms with Gasteiger partial charge in [0.1, 0.15) is 5.52 Å². The number of oxazole rings is 1. The minimum atomic E-state index is -0.0298. The van der Waals surface area contributed by atoms with Crippen LogP contribution in [0, 0.1) is 0 Å². The van der Waals surface area contributed by atoms with Crippen LogP contribution in [0.25, 0.3) is 11.1 Å². The molecule has 1 aromatic heterocycles. The Morgan fingerprint density at radius 3 is 2.44 bits per heavy atom. The summed E-state index contributed by atoms with van der Waals surface area (Å²) >= 11 is 0. The summed E-state index contributed by atoms with van der Waals surface area (Å²) in [7, 11) is 0. The maximum Gasteiger partial charge on any atom is 0.200 e. The van der Waals surface area contributed by atoms with Crippen LogP contribution in [-0.4, -0.2) is 18.1 Å². The molecule has 1 aliphatic heterocycles. The van der Waals surface area contributed by atoms with Crippen molar-refractivity contribution in [2.45, 2.75) is 39.0 Å². The van der Waals surface area contributed by atoms with Gasteiger partial charge >= 0.3 is 0 Å². The average molecular weight is 244 g/mol. The summed E-state index contributed by atoms with van der Waals surface area (Å²) in [5.41, 5.74) is 4.73. The van der Waals surface area contributed by atoms with Crippen molar-refractivity contribution in [3.05, 3.63) is 29.2 Å². The average Bonchev–Trinajstić information content (AvgIpc) is 2.57. The van der Waals surface area contributed by atoms with E-state index in [2.05, 4.69) is 43.2 Å². The van der Waals surface area contributed by atoms with Gasteiger partial charge < -0.3 is 9.73 Å². The number of fused-ring (bicyclic) bond motifs is 2. The van der Waals surface area contributed by atoms with Crippen molar-refractivity contribution >= 4 is 11.1 Å². The predicted octanol–water partition coefficient (Wildman–Crippen LogP) is 2.81. The lowest BCUT2D eigenvalue weighted by molar-refractivity contribution is 0.411. The third-order valence-corrected chi connectivity index (χ3v) is 3.49. The summed E-state index contributed by atoms with van der Waals surface area (Å²) < 4.78 is 5.91. The van der Waals surface area contributed by atoms with Gasteiger partial charge in [0.05, 0.1) is 0 Å². The maximum absolute atomic E-state index is 5.91. The molecular formula is C15H20N2O. The van der Waals surface area contributed by atoms with Gasteiger partial charge in [-0.25, -0.2) is 4.98 Å². The predicted molar refractivity (Wildman–Crippen MR) is 73.0 cm³/mol. The molecule has 18 heavy (non-hydrogen) atoms. The fourth-order valence-electron chi connectivity index (χ4n) is 2.42. The van der Waals surface area contributed by atoms with Gasteiger partial charge in [-0.3, -0.25) is 0 Å². The summed E-state index contributed by atoms with van der Waals surface area (Å²) in [6, 6.07) is 4.39. The Hall–Kier alpha value is -1.35. The van der Waals surface area contributed by atoms with Gasteiger partial charge in [0.2, 0.25) is 5.89 Å². The van der Waals surface area contributed by atoms with E-state index in [1.54, 1.807) is 0 Å². The van der Waals surface area contributed by atoms with E-state index in [9.17, 15) is 0 Å². The smallest absolute Gasteiger partial charge is 0.200 e. The van der Waals surface area contributed by atoms with Gasteiger partial charge in [-0.15, -0.1) is 0 Å². The molecule has 1 N–H and O–H groups in total. The Labute approximate surface area is 108 Å². The van der Waals surface area contributed by atoms with Crippen LogP contribution in [0.1, 0.15) is 37.8 Å². The zero-order chi connectivity index (χ0) is 12.8. The number of hydrogen-bond donors (Lipinski definition) is 1. The molecule has 1 aromatic carbocycles. The van der Waals surface area contributed by atoms with E-state index in [1.165, 1.54) is 11.1 Å². The molecule has 2 heterocycles. The standard InChI is InChI=1S/C15H20N2O/c1-15(2,3)14-17-12-8-10-4-6-16-7-5-11(10)9-13(12)18-14/h8-9,16H,4-7H2,1-3H3. The molecule has 0 atom stereocenters. The highest BCUT2D eigenvalue weighted by Crippen LogP contribution is 2.28. The lowest BCUT2D eigenvalue weighted by Gasteiger charge is -2.11. The first-order chi connectivity index (χ1) is 8.54. The lowest BCUT2D eigenvalue weighted by Crippen LogP contribution is -2.16. The largest absolute Gasteiger partial charge is 0.440 e. The molecule has 96 valence electrons. The molecule has 0 aliphatic carbocycles. The minimum absolute atomic E-state index is 0.0298. The van der Waals surface area contributed by atoms with E-state index in [-0.39, 0.29) is 5.41 Å². The van der Waals surface area contributed by atoms with Crippen molar-refractivity contribution in [3.8, 4) is 0 Å². The van der Waals surface area contributed by atoms with Crippen LogP contribution in [0.3, 0.4) is 0 Å². The van der Waals surface area contributed by atoms with E-state index < -0.39 is 0 Å². The number of rotatable bonds is 0. The van der Waals surface area contributed by atoms with Gasteiger partial charge in [0, 0.05) is 5.41 Å². The highest BCUT2D eigenvalue weighted by Gasteiger charge is 2.21. The zero-order valence-corrected chi connectivity index (χ0v) is 11.3. The molecule has 0 saturated heterocycles. The van der Waals surface area contributed by atoms with Crippen molar-refractivity contribution in [2.24, 2.45) is 0 Å². The second kappa shape index (κ2) is 4.09. The summed E-state index contributed by atoms with van der Waals surface area (Å²) in [5, 5.41) is 3.43. The van der Waals surface area contributed by atoms with Crippen LogP contribution < -0.4 is 5.32 Å². The minimum Gasteiger partial charge on any atom is -0.440 e. The van der Waals surface area contributed by atoms with E-state index in [0.717, 1.165) is 42.9 Å². The Kier molecular flexibility index (Phi) is 2.67. The van der Waals surface area contributed by atoms with Gasteiger partial charge in [-0.1, -0.05) is 20.8 Å². The van der Waals surface area contributed by atoms with E-state index in [1.807, 2.05) is 0 Å². The number of hydrogen-bond acceptors (Lipinski definition) is 3. The lowest BCUT2D eigenvalue weighted by atomic mass is 9.97. The number of aromatic nitrogens is 1. The Morgan fingerprint density at radius 1 is 1.11 bits per heavy atom. The van der Waals surface area contributed by atoms with Gasteiger partial charge in [-0.05, 0) is 49.2 Å². The fourth-order valence-corrected chi connectivity index (χ4v) is 2.42. The SMILES string of the molecule is CC(C)(C)c1nc2cc3c(cc2o1)CCNCC3. The second-order valence-corrected chi connectivity index (χ2v) is 6.11. The summed E-state index contributed by atoms with van der Waals surface area (Å²) in [4.78, 5) is 4.64. The molecule has 0 saturated carbocycles. The number of benzene rings is 1. The maximum atomic E-state index is 5.91. The van der Waals surface area contributed by atoms with Crippen molar-refractivity contribution < 1.29 is 4.42 Å². The van der Waals surface area contributed by atoms with Gasteiger partial charge in [0.15, 0.2) is 5.58 Å². The zero-order valence-electron chi connectivity index (χ0n) is 11.3. The number of nitrogens with one attached hydrogen (secondary N) is 1. The summed E-state index contributed by atoms with van der Waals surface area (Å²) in [6.45, 7) is 8.51. The molecule has 0 bridgehead atoms. The van der Waals surface area contributed by atoms with Crippen LogP contribution in [0.2, 0.25) is 0 Å². The van der Waals surface area contributed by atoms with Gasteiger partial charge in [0.25, 0.3) is 0 Å². The van der Waals surface area contributed by atoms with Crippen molar-refractivity contribution in [2.75, 3.05) is 13.1 Å². The molecule has 1 aliphatic rings. The third-order valence-electron chi connectivity index (χ3n) is 3.49. The topological polar surface area (TPSA) is 38.1 Å². The molecule has 2 aromatic rings. The fraction of sp³-hybridized carbons (Fsp3) is 0.533. The highest BCUT2D eigenvalue weighted by molar-refractivity contribution is 5.75. The molecule has 3 nitrogen and oxygen atoms in total. The first-order valence-electron chi connectivity index (χ1n) is 6.67. The molecule has 0 spiro atoms. The van der Waals surface area contributed by atoms with Crippen LogP contribution >= 0.6 is 0 Å². The van der Waals surface area contributed by atoms with Gasteiger partial charge in [-0.2, -0.15) is 0 Å². The molecule has 0 unspecified atom stereocenters. The number of nitrogens with zero attached hydrogens (tertiary/aromatic N) is 1. The first-order valence-corrected chi connectivity index (χ1v) is 6.67. The summed E-state index contributed by atoms with van der Waals surface area (Å²) in [5.74, 6) is 0.829. The molecule has 0 fully saturated rings. The van der Waals surface area contributed by atoms with Crippen LogP contribution in [-0.2, 0) is 18.3 Å². The second-order valence-electron chi connectivity index (χ2n) is 6.11.